The zero-order valence-corrected chi connectivity index (χ0v) is 9.65. The number of hydrogen-bond acceptors (Lipinski definition) is 3. The van der Waals surface area contributed by atoms with E-state index >= 15 is 0 Å². The highest BCUT2D eigenvalue weighted by Gasteiger charge is 2.18. The minimum absolute atomic E-state index is 0.321. The van der Waals surface area contributed by atoms with E-state index in [1.807, 2.05) is 0 Å². The Morgan fingerprint density at radius 2 is 2.13 bits per heavy atom. The van der Waals surface area contributed by atoms with Gasteiger partial charge in [0.1, 0.15) is 0 Å². The maximum Gasteiger partial charge on any atom is 0.153 e. The molecule has 1 fully saturated rings. The third-order valence-electron chi connectivity index (χ3n) is 3.05. The van der Waals surface area contributed by atoms with Crippen molar-refractivity contribution < 1.29 is 5.21 Å². The van der Waals surface area contributed by atoms with Gasteiger partial charge in [-0.15, -0.1) is 0 Å². The third-order valence-corrected chi connectivity index (χ3v) is 3.05. The van der Waals surface area contributed by atoms with Crippen LogP contribution in [-0.4, -0.2) is 35.6 Å². The molecule has 0 amide bonds. The number of amidine groups is 1. The lowest BCUT2D eigenvalue weighted by molar-refractivity contribution is 0.254. The van der Waals surface area contributed by atoms with Gasteiger partial charge in [0.2, 0.25) is 0 Å². The lowest BCUT2D eigenvalue weighted by Crippen LogP contribution is -2.37. The highest BCUT2D eigenvalue weighted by atomic mass is 16.4. The standard InChI is InChI=1S/C11H23N3O/c1-2-7-14(9-11(12)13-15)8-10-5-3-4-6-10/h10,15H,2-9H2,1H3,(H2,12,13). The van der Waals surface area contributed by atoms with Crippen molar-refractivity contribution in [2.24, 2.45) is 16.8 Å². The highest BCUT2D eigenvalue weighted by molar-refractivity contribution is 5.81. The second kappa shape index (κ2) is 6.67. The zero-order valence-electron chi connectivity index (χ0n) is 9.65. The first kappa shape index (κ1) is 12.3. The van der Waals surface area contributed by atoms with Gasteiger partial charge in [0, 0.05) is 6.54 Å². The molecule has 0 aromatic carbocycles. The maximum absolute atomic E-state index is 8.55. The van der Waals surface area contributed by atoms with Gasteiger partial charge in [0.05, 0.1) is 6.54 Å². The Morgan fingerprint density at radius 1 is 1.47 bits per heavy atom. The number of oxime groups is 1. The van der Waals surface area contributed by atoms with Crippen LogP contribution in [0.1, 0.15) is 39.0 Å². The molecule has 4 nitrogen and oxygen atoms in total. The summed E-state index contributed by atoms with van der Waals surface area (Å²) in [7, 11) is 0. The molecular weight excluding hydrogens is 190 g/mol. The maximum atomic E-state index is 8.55. The van der Waals surface area contributed by atoms with Crippen LogP contribution in [0.5, 0.6) is 0 Å². The second-order valence-electron chi connectivity index (χ2n) is 4.48. The molecule has 0 spiro atoms. The van der Waals surface area contributed by atoms with E-state index in [2.05, 4.69) is 17.0 Å². The van der Waals surface area contributed by atoms with Crippen molar-refractivity contribution in [1.82, 2.24) is 4.90 Å². The predicted molar refractivity (Wildman–Crippen MR) is 62.1 cm³/mol. The highest BCUT2D eigenvalue weighted by Crippen LogP contribution is 2.25. The quantitative estimate of drug-likeness (QED) is 0.305. The first-order chi connectivity index (χ1) is 7.26. The van der Waals surface area contributed by atoms with Crippen LogP contribution in [-0.2, 0) is 0 Å². The second-order valence-corrected chi connectivity index (χ2v) is 4.48. The molecule has 0 aromatic rings. The molecule has 1 aliphatic rings. The molecule has 1 rings (SSSR count). The molecule has 88 valence electrons. The van der Waals surface area contributed by atoms with Crippen molar-refractivity contribution in [3.63, 3.8) is 0 Å². The molecule has 1 saturated carbocycles. The Labute approximate surface area is 92.1 Å². The number of rotatable bonds is 6. The summed E-state index contributed by atoms with van der Waals surface area (Å²) in [5, 5.41) is 11.6. The SMILES string of the molecule is CCCN(CC(N)=NO)CC1CCCC1. The lowest BCUT2D eigenvalue weighted by Gasteiger charge is -2.24. The van der Waals surface area contributed by atoms with E-state index in [0.29, 0.717) is 12.4 Å². The van der Waals surface area contributed by atoms with Crippen LogP contribution >= 0.6 is 0 Å². The molecule has 0 saturated heterocycles. The van der Waals surface area contributed by atoms with Crippen LogP contribution in [0.4, 0.5) is 0 Å². The van der Waals surface area contributed by atoms with E-state index in [1.165, 1.54) is 25.7 Å². The summed E-state index contributed by atoms with van der Waals surface area (Å²) in [6, 6.07) is 0. The van der Waals surface area contributed by atoms with Crippen LogP contribution in [0.15, 0.2) is 5.16 Å². The number of nitrogens with two attached hydrogens (primary N) is 1. The van der Waals surface area contributed by atoms with Crippen molar-refractivity contribution in [2.75, 3.05) is 19.6 Å². The van der Waals surface area contributed by atoms with E-state index in [0.717, 1.165) is 25.4 Å². The number of nitrogens with zero attached hydrogens (tertiary/aromatic N) is 2. The van der Waals surface area contributed by atoms with Gasteiger partial charge in [-0.3, -0.25) is 4.90 Å². The zero-order chi connectivity index (χ0) is 11.1. The van der Waals surface area contributed by atoms with E-state index in [1.54, 1.807) is 0 Å². The van der Waals surface area contributed by atoms with Gasteiger partial charge < -0.3 is 10.9 Å². The summed E-state index contributed by atoms with van der Waals surface area (Å²) in [5.74, 6) is 1.14. The molecular formula is C11H23N3O. The monoisotopic (exact) mass is 213 g/mol. The largest absolute Gasteiger partial charge is 0.409 e. The average molecular weight is 213 g/mol. The van der Waals surface area contributed by atoms with Crippen LogP contribution in [0.3, 0.4) is 0 Å². The molecule has 0 radical (unpaired) electrons. The molecule has 0 aromatic heterocycles. The summed E-state index contributed by atoms with van der Waals surface area (Å²) in [4.78, 5) is 2.30. The van der Waals surface area contributed by atoms with Crippen LogP contribution in [0, 0.1) is 5.92 Å². The van der Waals surface area contributed by atoms with Crippen molar-refractivity contribution in [2.45, 2.75) is 39.0 Å². The van der Waals surface area contributed by atoms with Crippen LogP contribution < -0.4 is 5.73 Å². The summed E-state index contributed by atoms with van der Waals surface area (Å²) in [5.41, 5.74) is 5.54. The minimum atomic E-state index is 0.321. The Kier molecular flexibility index (Phi) is 5.47. The third kappa shape index (κ3) is 4.51. The summed E-state index contributed by atoms with van der Waals surface area (Å²) >= 11 is 0. The van der Waals surface area contributed by atoms with Gasteiger partial charge in [-0.05, 0) is 31.7 Å². The van der Waals surface area contributed by atoms with Crippen molar-refractivity contribution in [1.29, 1.82) is 0 Å². The normalized spacial score (nSPS) is 18.9. The Bertz CT molecular complexity index is 200. The van der Waals surface area contributed by atoms with Gasteiger partial charge >= 0.3 is 0 Å². The molecule has 1 aliphatic carbocycles. The fourth-order valence-electron chi connectivity index (χ4n) is 2.37. The Hall–Kier alpha value is -0.770. The summed E-state index contributed by atoms with van der Waals surface area (Å²) in [6.45, 7) is 4.89. The van der Waals surface area contributed by atoms with Crippen molar-refractivity contribution >= 4 is 5.84 Å². The van der Waals surface area contributed by atoms with Crippen molar-refractivity contribution in [3.8, 4) is 0 Å². The minimum Gasteiger partial charge on any atom is -0.409 e. The van der Waals surface area contributed by atoms with E-state index in [-0.39, 0.29) is 0 Å². The first-order valence-corrected chi connectivity index (χ1v) is 5.95. The summed E-state index contributed by atoms with van der Waals surface area (Å²) < 4.78 is 0. The molecule has 0 heterocycles. The van der Waals surface area contributed by atoms with Gasteiger partial charge in [-0.2, -0.15) is 0 Å². The number of hydrogen-bond donors (Lipinski definition) is 2. The van der Waals surface area contributed by atoms with Crippen molar-refractivity contribution in [3.05, 3.63) is 0 Å². The molecule has 4 heteroatoms. The fourth-order valence-corrected chi connectivity index (χ4v) is 2.37. The Balaban J connectivity index is 2.34. The fraction of sp³-hybridized carbons (Fsp3) is 0.909. The summed E-state index contributed by atoms with van der Waals surface area (Å²) in [6.07, 6.45) is 6.54. The molecule has 0 bridgehead atoms. The van der Waals surface area contributed by atoms with E-state index in [9.17, 15) is 0 Å². The van der Waals surface area contributed by atoms with Gasteiger partial charge in [-0.1, -0.05) is 24.9 Å². The van der Waals surface area contributed by atoms with Gasteiger partial charge in [0.15, 0.2) is 5.84 Å². The topological polar surface area (TPSA) is 61.8 Å². The molecule has 0 aliphatic heterocycles. The molecule has 3 N–H and O–H groups in total. The average Bonchev–Trinajstić information content (AvgIpc) is 2.70. The lowest BCUT2D eigenvalue weighted by atomic mass is 10.1. The van der Waals surface area contributed by atoms with E-state index < -0.39 is 0 Å². The van der Waals surface area contributed by atoms with Crippen LogP contribution in [0.2, 0.25) is 0 Å². The van der Waals surface area contributed by atoms with E-state index in [4.69, 9.17) is 10.9 Å². The molecule has 0 atom stereocenters. The van der Waals surface area contributed by atoms with Crippen LogP contribution in [0.25, 0.3) is 0 Å². The Morgan fingerprint density at radius 3 is 2.67 bits per heavy atom. The smallest absolute Gasteiger partial charge is 0.153 e. The molecule has 15 heavy (non-hydrogen) atoms. The molecule has 0 unspecified atom stereocenters. The first-order valence-electron chi connectivity index (χ1n) is 5.95. The van der Waals surface area contributed by atoms with Gasteiger partial charge in [0.25, 0.3) is 0 Å². The predicted octanol–water partition coefficient (Wildman–Crippen LogP) is 1.63. The van der Waals surface area contributed by atoms with Gasteiger partial charge in [-0.25, -0.2) is 0 Å².